The topological polar surface area (TPSA) is 81.4 Å². The molecule has 0 aliphatic heterocycles. The van der Waals surface area contributed by atoms with E-state index in [2.05, 4.69) is 9.88 Å². The van der Waals surface area contributed by atoms with Gasteiger partial charge in [0.15, 0.2) is 0 Å². The molecule has 3 aromatic rings. The maximum absolute atomic E-state index is 12.5. The Hall–Kier alpha value is -2.22. The average molecular weight is 427 g/mol. The normalized spacial score (nSPS) is 11.4. The van der Waals surface area contributed by atoms with Crippen LogP contribution in [0.25, 0.3) is 0 Å². The van der Waals surface area contributed by atoms with Gasteiger partial charge < -0.3 is 9.26 Å². The van der Waals surface area contributed by atoms with E-state index < -0.39 is 10.0 Å². The average Bonchev–Trinajstić information content (AvgIpc) is 2.90. The smallest absolute Gasteiger partial charge is 0.261 e. The maximum atomic E-state index is 12.5. The fraction of sp³-hybridized carbons (Fsp3) is 0.167. The molecule has 0 atom stereocenters. The molecule has 0 spiro atoms. The fourth-order valence-electron chi connectivity index (χ4n) is 2.41. The highest BCUT2D eigenvalue weighted by Gasteiger charge is 2.15. The van der Waals surface area contributed by atoms with E-state index >= 15 is 0 Å². The first-order valence-electron chi connectivity index (χ1n) is 7.88. The molecule has 0 unspecified atom stereocenters. The van der Waals surface area contributed by atoms with E-state index in [4.69, 9.17) is 32.5 Å². The molecule has 0 aliphatic carbocycles. The van der Waals surface area contributed by atoms with Gasteiger partial charge in [0, 0.05) is 10.0 Å². The second-order valence-corrected chi connectivity index (χ2v) is 8.38. The van der Waals surface area contributed by atoms with Crippen molar-refractivity contribution in [3.8, 4) is 5.75 Å². The van der Waals surface area contributed by atoms with Gasteiger partial charge in [0.25, 0.3) is 10.0 Å². The predicted molar refractivity (Wildman–Crippen MR) is 104 cm³/mol. The van der Waals surface area contributed by atoms with Gasteiger partial charge in [-0.1, -0.05) is 28.4 Å². The first kappa shape index (κ1) is 19.5. The number of halogens is 2. The van der Waals surface area contributed by atoms with Crippen LogP contribution in [0.5, 0.6) is 5.75 Å². The van der Waals surface area contributed by atoms with Crippen molar-refractivity contribution in [2.75, 3.05) is 4.72 Å². The molecule has 1 heterocycles. The minimum absolute atomic E-state index is 0.0864. The van der Waals surface area contributed by atoms with Crippen molar-refractivity contribution in [1.29, 1.82) is 0 Å². The van der Waals surface area contributed by atoms with Gasteiger partial charge in [0.2, 0.25) is 0 Å². The summed E-state index contributed by atoms with van der Waals surface area (Å²) in [4.78, 5) is 0.0864. The van der Waals surface area contributed by atoms with Crippen LogP contribution in [0.15, 0.2) is 51.9 Å². The number of benzene rings is 2. The van der Waals surface area contributed by atoms with Gasteiger partial charge in [0.1, 0.15) is 18.1 Å². The molecule has 0 radical (unpaired) electrons. The first-order valence-corrected chi connectivity index (χ1v) is 10.1. The lowest BCUT2D eigenvalue weighted by atomic mass is 10.2. The monoisotopic (exact) mass is 426 g/mol. The summed E-state index contributed by atoms with van der Waals surface area (Å²) in [6, 6.07) is 10.5. The van der Waals surface area contributed by atoms with Crippen LogP contribution in [0.4, 0.5) is 5.69 Å². The van der Waals surface area contributed by atoms with Crippen LogP contribution in [0.3, 0.4) is 0 Å². The number of aryl methyl sites for hydroxylation is 2. The molecule has 142 valence electrons. The van der Waals surface area contributed by atoms with E-state index in [0.717, 1.165) is 11.3 Å². The molecule has 1 N–H and O–H groups in total. The summed E-state index contributed by atoms with van der Waals surface area (Å²) in [7, 11) is -3.78. The molecule has 2 aromatic carbocycles. The van der Waals surface area contributed by atoms with Crippen LogP contribution in [-0.4, -0.2) is 13.6 Å². The molecule has 6 nitrogen and oxygen atoms in total. The zero-order chi connectivity index (χ0) is 19.6. The highest BCUT2D eigenvalue weighted by atomic mass is 35.5. The zero-order valence-electron chi connectivity index (χ0n) is 14.5. The Bertz CT molecular complexity index is 1020. The van der Waals surface area contributed by atoms with Gasteiger partial charge in [-0.05, 0) is 56.3 Å². The van der Waals surface area contributed by atoms with Crippen LogP contribution in [0.2, 0.25) is 10.0 Å². The van der Waals surface area contributed by atoms with Crippen molar-refractivity contribution in [2.45, 2.75) is 25.3 Å². The summed E-state index contributed by atoms with van der Waals surface area (Å²) in [5, 5.41) is 4.54. The standard InChI is InChI=1S/C18H16Cl2N2O4S/c1-11-18(12(2)26-21-11)10-25-16-3-5-17(6-4-16)27(23,24)22-15-8-13(19)7-14(20)9-15/h3-9,22H,10H2,1-2H3. The van der Waals surface area contributed by atoms with Crippen molar-refractivity contribution in [1.82, 2.24) is 5.16 Å². The molecular weight excluding hydrogens is 411 g/mol. The van der Waals surface area contributed by atoms with Crippen LogP contribution in [-0.2, 0) is 16.6 Å². The van der Waals surface area contributed by atoms with Crippen molar-refractivity contribution in [2.24, 2.45) is 0 Å². The Morgan fingerprint density at radius 2 is 1.70 bits per heavy atom. The molecule has 0 saturated carbocycles. The van der Waals surface area contributed by atoms with E-state index in [-0.39, 0.29) is 17.2 Å². The first-order chi connectivity index (χ1) is 12.7. The predicted octanol–water partition coefficient (Wildman–Crippen LogP) is 4.98. The largest absolute Gasteiger partial charge is 0.489 e. The van der Waals surface area contributed by atoms with Gasteiger partial charge in [-0.25, -0.2) is 8.42 Å². The number of rotatable bonds is 6. The Morgan fingerprint density at radius 1 is 1.07 bits per heavy atom. The summed E-state index contributed by atoms with van der Waals surface area (Å²) >= 11 is 11.8. The lowest BCUT2D eigenvalue weighted by molar-refractivity contribution is 0.301. The number of hydrogen-bond acceptors (Lipinski definition) is 5. The molecular formula is C18H16Cl2N2O4S. The number of ether oxygens (including phenoxy) is 1. The minimum Gasteiger partial charge on any atom is -0.489 e. The van der Waals surface area contributed by atoms with E-state index in [1.54, 1.807) is 12.1 Å². The van der Waals surface area contributed by atoms with Crippen LogP contribution in [0, 0.1) is 13.8 Å². The van der Waals surface area contributed by atoms with Gasteiger partial charge in [-0.15, -0.1) is 0 Å². The lowest BCUT2D eigenvalue weighted by Crippen LogP contribution is -2.12. The van der Waals surface area contributed by atoms with E-state index in [9.17, 15) is 8.42 Å². The Balaban J connectivity index is 1.72. The van der Waals surface area contributed by atoms with Gasteiger partial charge >= 0.3 is 0 Å². The van der Waals surface area contributed by atoms with Crippen LogP contribution >= 0.6 is 23.2 Å². The van der Waals surface area contributed by atoms with Crippen molar-refractivity contribution < 1.29 is 17.7 Å². The van der Waals surface area contributed by atoms with E-state index in [0.29, 0.717) is 21.6 Å². The van der Waals surface area contributed by atoms with Gasteiger partial charge in [-0.2, -0.15) is 0 Å². The van der Waals surface area contributed by atoms with Gasteiger partial charge in [-0.3, -0.25) is 4.72 Å². The Morgan fingerprint density at radius 3 is 2.26 bits per heavy atom. The number of aromatic nitrogens is 1. The molecule has 0 amide bonds. The second-order valence-electron chi connectivity index (χ2n) is 5.83. The molecule has 27 heavy (non-hydrogen) atoms. The number of anilines is 1. The summed E-state index contributed by atoms with van der Waals surface area (Å²) in [6.45, 7) is 3.92. The van der Waals surface area contributed by atoms with Crippen molar-refractivity contribution in [3.63, 3.8) is 0 Å². The SMILES string of the molecule is Cc1noc(C)c1COc1ccc(S(=O)(=O)Nc2cc(Cl)cc(Cl)c2)cc1. The quantitative estimate of drug-likeness (QED) is 0.600. The Kier molecular flexibility index (Phi) is 5.64. The molecule has 1 aromatic heterocycles. The highest BCUT2D eigenvalue weighted by molar-refractivity contribution is 7.92. The highest BCUT2D eigenvalue weighted by Crippen LogP contribution is 2.25. The third kappa shape index (κ3) is 4.74. The van der Waals surface area contributed by atoms with Crippen molar-refractivity contribution >= 4 is 38.9 Å². The fourth-order valence-corrected chi connectivity index (χ4v) is 3.97. The van der Waals surface area contributed by atoms with Crippen molar-refractivity contribution in [3.05, 3.63) is 69.5 Å². The minimum atomic E-state index is -3.78. The number of nitrogens with zero attached hydrogens (tertiary/aromatic N) is 1. The van der Waals surface area contributed by atoms with Gasteiger partial charge in [0.05, 0.1) is 21.8 Å². The summed E-state index contributed by atoms with van der Waals surface area (Å²) < 4.78 is 38.2. The molecule has 0 fully saturated rings. The summed E-state index contributed by atoms with van der Waals surface area (Å²) in [5.74, 6) is 1.22. The third-order valence-corrected chi connectivity index (χ3v) is 5.65. The van der Waals surface area contributed by atoms with Crippen LogP contribution in [0.1, 0.15) is 17.0 Å². The maximum Gasteiger partial charge on any atom is 0.261 e. The number of sulfonamides is 1. The molecule has 0 saturated heterocycles. The Labute approximate surface area is 167 Å². The summed E-state index contributed by atoms with van der Waals surface area (Å²) in [5.41, 5.74) is 1.91. The second kappa shape index (κ2) is 7.80. The van der Waals surface area contributed by atoms with Crippen LogP contribution < -0.4 is 9.46 Å². The summed E-state index contributed by atoms with van der Waals surface area (Å²) in [6.07, 6.45) is 0. The third-order valence-electron chi connectivity index (χ3n) is 3.81. The number of hydrogen-bond donors (Lipinski definition) is 1. The number of nitrogens with one attached hydrogen (secondary N) is 1. The van der Waals surface area contributed by atoms with E-state index in [1.807, 2.05) is 13.8 Å². The van der Waals surface area contributed by atoms with E-state index in [1.165, 1.54) is 30.3 Å². The zero-order valence-corrected chi connectivity index (χ0v) is 16.8. The lowest BCUT2D eigenvalue weighted by Gasteiger charge is -2.10. The molecule has 9 heteroatoms. The molecule has 0 aliphatic rings. The molecule has 0 bridgehead atoms. The molecule has 3 rings (SSSR count).